The Morgan fingerprint density at radius 2 is 2.10 bits per heavy atom. The van der Waals surface area contributed by atoms with Crippen LogP contribution >= 0.6 is 0 Å². The van der Waals surface area contributed by atoms with Gasteiger partial charge in [0.1, 0.15) is 17.4 Å². The van der Waals surface area contributed by atoms with Gasteiger partial charge in [-0.2, -0.15) is 0 Å². The fourth-order valence-corrected chi connectivity index (χ4v) is 2.96. The first-order chi connectivity index (χ1) is 14.4. The van der Waals surface area contributed by atoms with E-state index in [1.807, 2.05) is 13.8 Å². The summed E-state index contributed by atoms with van der Waals surface area (Å²) < 4.78 is 47.2. The van der Waals surface area contributed by atoms with E-state index in [0.29, 0.717) is 13.2 Å². The number of rotatable bonds is 6. The third-order valence-corrected chi connectivity index (χ3v) is 4.21. The van der Waals surface area contributed by atoms with Crippen molar-refractivity contribution in [3.8, 4) is 5.75 Å². The van der Waals surface area contributed by atoms with E-state index < -0.39 is 11.9 Å². The summed E-state index contributed by atoms with van der Waals surface area (Å²) in [5, 5.41) is 10.6. The average Bonchev–Trinajstić information content (AvgIpc) is 2.71. The van der Waals surface area contributed by atoms with Crippen LogP contribution in [0.5, 0.6) is 5.75 Å². The van der Waals surface area contributed by atoms with Crippen molar-refractivity contribution >= 4 is 12.0 Å². The summed E-state index contributed by atoms with van der Waals surface area (Å²) >= 11 is 0. The molecule has 2 aromatic rings. The standard InChI is InChI=1S/C18H19F3N4O3.C2H6/c19-18(20,21)28-14-6-2-1-4-11(14)8-15-24-16(13(9-22)17(26)25-15)23-12-5-3-7-27-10-12;1-2/h1-2,4,6,9,12,22H,3,5,7-8,10H2,(H2,23,24,25,26);1-2H3. The molecule has 1 aromatic heterocycles. The molecule has 164 valence electrons. The quantitative estimate of drug-likeness (QED) is 0.609. The number of nitrogens with zero attached hydrogens (tertiary/aromatic N) is 1. The number of anilines is 1. The lowest BCUT2D eigenvalue weighted by Gasteiger charge is -2.24. The van der Waals surface area contributed by atoms with Crippen LogP contribution in [0.25, 0.3) is 0 Å². The number of alkyl halides is 3. The van der Waals surface area contributed by atoms with E-state index >= 15 is 0 Å². The highest BCUT2D eigenvalue weighted by molar-refractivity contribution is 5.83. The number of benzene rings is 1. The van der Waals surface area contributed by atoms with E-state index in [0.717, 1.165) is 19.1 Å². The average molecular weight is 426 g/mol. The van der Waals surface area contributed by atoms with Crippen molar-refractivity contribution in [1.29, 1.82) is 5.41 Å². The Kier molecular flexibility index (Phi) is 8.40. The molecular weight excluding hydrogens is 401 g/mol. The van der Waals surface area contributed by atoms with Gasteiger partial charge in [0.15, 0.2) is 0 Å². The number of H-pyrrole nitrogens is 1. The van der Waals surface area contributed by atoms with Gasteiger partial charge in [0, 0.05) is 24.8 Å². The summed E-state index contributed by atoms with van der Waals surface area (Å²) in [5.74, 6) is 0.00972. The molecule has 10 heteroatoms. The zero-order chi connectivity index (χ0) is 22.1. The van der Waals surface area contributed by atoms with Crippen LogP contribution in [0.3, 0.4) is 0 Å². The van der Waals surface area contributed by atoms with Gasteiger partial charge in [0.2, 0.25) is 0 Å². The first-order valence-corrected chi connectivity index (χ1v) is 9.67. The molecule has 30 heavy (non-hydrogen) atoms. The van der Waals surface area contributed by atoms with Gasteiger partial charge >= 0.3 is 6.36 Å². The van der Waals surface area contributed by atoms with Crippen molar-refractivity contribution in [3.63, 3.8) is 0 Å². The molecule has 1 atom stereocenters. The lowest BCUT2D eigenvalue weighted by atomic mass is 10.1. The Balaban J connectivity index is 0.00000155. The maximum absolute atomic E-state index is 12.6. The molecular formula is C20H25F3N4O3. The molecule has 7 nitrogen and oxygen atoms in total. The van der Waals surface area contributed by atoms with Crippen LogP contribution in [-0.4, -0.2) is 41.8 Å². The molecule has 0 radical (unpaired) electrons. The second-order valence-electron chi connectivity index (χ2n) is 6.31. The topological polar surface area (TPSA) is 100 Å². The monoisotopic (exact) mass is 426 g/mol. The largest absolute Gasteiger partial charge is 0.573 e. The maximum Gasteiger partial charge on any atom is 0.573 e. The lowest BCUT2D eigenvalue weighted by Crippen LogP contribution is -2.32. The van der Waals surface area contributed by atoms with Gasteiger partial charge in [0.25, 0.3) is 5.56 Å². The first kappa shape index (κ1) is 23.4. The fourth-order valence-electron chi connectivity index (χ4n) is 2.96. The van der Waals surface area contributed by atoms with Crippen LogP contribution in [0, 0.1) is 5.41 Å². The van der Waals surface area contributed by atoms with Crippen LogP contribution in [0.4, 0.5) is 19.0 Å². The molecule has 1 aromatic carbocycles. The molecule has 0 saturated carbocycles. The number of aromatic amines is 1. The van der Waals surface area contributed by atoms with E-state index in [1.54, 1.807) is 6.07 Å². The SMILES string of the molecule is CC.N=Cc1c(NC2CCCOC2)nc(Cc2ccccc2OC(F)(F)F)[nH]c1=O. The summed E-state index contributed by atoms with van der Waals surface area (Å²) in [4.78, 5) is 19.1. The van der Waals surface area contributed by atoms with Gasteiger partial charge in [-0.05, 0) is 18.9 Å². The number of halogens is 3. The van der Waals surface area contributed by atoms with Crippen molar-refractivity contribution in [1.82, 2.24) is 9.97 Å². The predicted molar refractivity (Wildman–Crippen MR) is 107 cm³/mol. The summed E-state index contributed by atoms with van der Waals surface area (Å²) in [5.41, 5.74) is -0.278. The predicted octanol–water partition coefficient (Wildman–Crippen LogP) is 3.87. The number of hydrogen-bond acceptors (Lipinski definition) is 6. The van der Waals surface area contributed by atoms with Crippen molar-refractivity contribution in [3.05, 3.63) is 51.6 Å². The van der Waals surface area contributed by atoms with Crippen molar-refractivity contribution in [2.24, 2.45) is 0 Å². The summed E-state index contributed by atoms with van der Waals surface area (Å²) in [6.45, 7) is 5.11. The van der Waals surface area contributed by atoms with Gasteiger partial charge < -0.3 is 25.2 Å². The molecule has 1 unspecified atom stereocenters. The normalized spacial score (nSPS) is 16.2. The molecule has 3 N–H and O–H groups in total. The van der Waals surface area contributed by atoms with Crippen molar-refractivity contribution in [2.45, 2.75) is 45.5 Å². The Morgan fingerprint density at radius 1 is 1.37 bits per heavy atom. The molecule has 2 heterocycles. The zero-order valence-electron chi connectivity index (χ0n) is 16.8. The fraction of sp³-hybridized carbons (Fsp3) is 0.450. The minimum Gasteiger partial charge on any atom is -0.405 e. The second-order valence-corrected chi connectivity index (χ2v) is 6.31. The molecule has 1 saturated heterocycles. The minimum atomic E-state index is -4.82. The summed E-state index contributed by atoms with van der Waals surface area (Å²) in [6, 6.07) is 5.60. The maximum atomic E-state index is 12.6. The Labute approximate surface area is 172 Å². The number of para-hydroxylation sites is 1. The highest BCUT2D eigenvalue weighted by Gasteiger charge is 2.32. The van der Waals surface area contributed by atoms with Crippen LogP contribution in [0.2, 0.25) is 0 Å². The molecule has 1 aliphatic heterocycles. The molecule has 1 fully saturated rings. The number of hydrogen-bond donors (Lipinski definition) is 3. The number of ether oxygens (including phenoxy) is 2. The lowest BCUT2D eigenvalue weighted by molar-refractivity contribution is -0.274. The summed E-state index contributed by atoms with van der Waals surface area (Å²) in [6.07, 6.45) is -2.33. The smallest absolute Gasteiger partial charge is 0.405 e. The van der Waals surface area contributed by atoms with Crippen LogP contribution in [-0.2, 0) is 11.2 Å². The highest BCUT2D eigenvalue weighted by atomic mass is 19.4. The first-order valence-electron chi connectivity index (χ1n) is 9.67. The van der Waals surface area contributed by atoms with Crippen molar-refractivity contribution < 1.29 is 22.6 Å². The second kappa shape index (κ2) is 10.8. The van der Waals surface area contributed by atoms with Crippen molar-refractivity contribution in [2.75, 3.05) is 18.5 Å². The van der Waals surface area contributed by atoms with E-state index in [-0.39, 0.29) is 41.0 Å². The molecule has 1 aliphatic rings. The van der Waals surface area contributed by atoms with Crippen LogP contribution in [0.1, 0.15) is 43.6 Å². The minimum absolute atomic E-state index is 0.0501. The molecule has 0 bridgehead atoms. The van der Waals surface area contributed by atoms with Gasteiger partial charge in [-0.3, -0.25) is 4.79 Å². The molecule has 0 spiro atoms. The van der Waals surface area contributed by atoms with E-state index in [9.17, 15) is 18.0 Å². The third kappa shape index (κ3) is 6.58. The number of aromatic nitrogens is 2. The van der Waals surface area contributed by atoms with Crippen LogP contribution < -0.4 is 15.6 Å². The Hall–Kier alpha value is -2.88. The molecule has 0 amide bonds. The van der Waals surface area contributed by atoms with Gasteiger partial charge in [-0.25, -0.2) is 4.98 Å². The highest BCUT2D eigenvalue weighted by Crippen LogP contribution is 2.27. The van der Waals surface area contributed by atoms with Gasteiger partial charge in [-0.15, -0.1) is 13.2 Å². The summed E-state index contributed by atoms with van der Waals surface area (Å²) in [7, 11) is 0. The van der Waals surface area contributed by atoms with E-state index in [1.165, 1.54) is 18.2 Å². The Morgan fingerprint density at radius 3 is 2.73 bits per heavy atom. The van der Waals surface area contributed by atoms with E-state index in [4.69, 9.17) is 10.1 Å². The molecule has 3 rings (SSSR count). The Bertz CT molecular complexity index is 894. The molecule has 0 aliphatic carbocycles. The van der Waals surface area contributed by atoms with Gasteiger partial charge in [0.05, 0.1) is 18.2 Å². The van der Waals surface area contributed by atoms with Crippen LogP contribution in [0.15, 0.2) is 29.1 Å². The van der Waals surface area contributed by atoms with Gasteiger partial charge in [-0.1, -0.05) is 32.0 Å². The van der Waals surface area contributed by atoms with E-state index in [2.05, 4.69) is 20.0 Å². The zero-order valence-corrected chi connectivity index (χ0v) is 16.8. The number of nitrogens with one attached hydrogen (secondary N) is 3. The third-order valence-electron chi connectivity index (χ3n) is 4.21.